The van der Waals surface area contributed by atoms with Crippen molar-refractivity contribution in [3.05, 3.63) is 70.7 Å². The zero-order valence-electron chi connectivity index (χ0n) is 16.0. The van der Waals surface area contributed by atoms with E-state index in [0.717, 1.165) is 5.56 Å². The van der Waals surface area contributed by atoms with Gasteiger partial charge in [0.15, 0.2) is 5.78 Å². The molecule has 0 unspecified atom stereocenters. The molecule has 1 heterocycles. The van der Waals surface area contributed by atoms with Crippen molar-refractivity contribution in [1.82, 2.24) is 9.21 Å². The molecule has 0 aliphatic carbocycles. The molecular weight excluding hydrogens is 412 g/mol. The molecule has 0 spiro atoms. The van der Waals surface area contributed by atoms with Gasteiger partial charge in [-0.1, -0.05) is 41.9 Å². The second-order valence-corrected chi connectivity index (χ2v) is 9.36. The van der Waals surface area contributed by atoms with Crippen LogP contribution in [0.4, 0.5) is 0 Å². The lowest BCUT2D eigenvalue weighted by atomic mass is 10.1. The lowest BCUT2D eigenvalue weighted by Crippen LogP contribution is -2.50. The van der Waals surface area contributed by atoms with Crippen LogP contribution in [0, 0.1) is 0 Å². The van der Waals surface area contributed by atoms with Gasteiger partial charge in [-0.2, -0.15) is 4.31 Å². The Kier molecular flexibility index (Phi) is 7.05. The number of hydrogen-bond acceptors (Lipinski definition) is 4. The van der Waals surface area contributed by atoms with Gasteiger partial charge in [-0.3, -0.25) is 9.59 Å². The highest BCUT2D eigenvalue weighted by Crippen LogP contribution is 2.16. The number of nitrogens with zero attached hydrogens (tertiary/aromatic N) is 2. The van der Waals surface area contributed by atoms with Crippen molar-refractivity contribution < 1.29 is 18.0 Å². The highest BCUT2D eigenvalue weighted by molar-refractivity contribution is 7.88. The van der Waals surface area contributed by atoms with E-state index in [-0.39, 0.29) is 43.4 Å². The van der Waals surface area contributed by atoms with E-state index in [1.807, 2.05) is 18.2 Å². The highest BCUT2D eigenvalue weighted by atomic mass is 35.5. The second kappa shape index (κ2) is 9.52. The fourth-order valence-electron chi connectivity index (χ4n) is 3.25. The van der Waals surface area contributed by atoms with E-state index in [4.69, 9.17) is 11.6 Å². The van der Waals surface area contributed by atoms with Gasteiger partial charge in [0.25, 0.3) is 0 Å². The van der Waals surface area contributed by atoms with Gasteiger partial charge < -0.3 is 4.90 Å². The number of hydrogen-bond donors (Lipinski definition) is 0. The molecule has 6 nitrogen and oxygen atoms in total. The van der Waals surface area contributed by atoms with Gasteiger partial charge in [-0.25, -0.2) is 8.42 Å². The molecule has 8 heteroatoms. The molecule has 0 atom stereocenters. The maximum atomic E-state index is 12.6. The van der Waals surface area contributed by atoms with Crippen LogP contribution >= 0.6 is 11.6 Å². The third-order valence-corrected chi connectivity index (χ3v) is 7.01. The molecule has 1 saturated heterocycles. The van der Waals surface area contributed by atoms with Crippen molar-refractivity contribution in [2.75, 3.05) is 26.2 Å². The predicted molar refractivity (Wildman–Crippen MR) is 112 cm³/mol. The summed E-state index contributed by atoms with van der Waals surface area (Å²) in [7, 11) is -3.42. The molecule has 29 heavy (non-hydrogen) atoms. The lowest BCUT2D eigenvalue weighted by Gasteiger charge is -2.34. The molecule has 154 valence electrons. The van der Waals surface area contributed by atoms with Crippen molar-refractivity contribution in [1.29, 1.82) is 0 Å². The van der Waals surface area contributed by atoms with Gasteiger partial charge in [0.05, 0.1) is 5.75 Å². The third kappa shape index (κ3) is 5.88. The van der Waals surface area contributed by atoms with Crippen LogP contribution in [0.25, 0.3) is 0 Å². The van der Waals surface area contributed by atoms with E-state index in [0.29, 0.717) is 23.7 Å². The molecule has 3 rings (SSSR count). The number of Topliss-reactive ketones (excluding diaryl/α,β-unsaturated/α-hetero) is 1. The Labute approximate surface area is 176 Å². The average molecular weight is 435 g/mol. The van der Waals surface area contributed by atoms with Gasteiger partial charge in [-0.15, -0.1) is 0 Å². The number of amides is 1. The van der Waals surface area contributed by atoms with E-state index in [1.165, 1.54) is 4.31 Å². The minimum atomic E-state index is -3.42. The number of benzene rings is 2. The minimum absolute atomic E-state index is 0.0443. The molecule has 1 aliphatic heterocycles. The van der Waals surface area contributed by atoms with Crippen LogP contribution in [0.5, 0.6) is 0 Å². The van der Waals surface area contributed by atoms with Crippen LogP contribution in [0.3, 0.4) is 0 Å². The minimum Gasteiger partial charge on any atom is -0.340 e. The summed E-state index contributed by atoms with van der Waals surface area (Å²) < 4.78 is 26.6. The zero-order chi connectivity index (χ0) is 20.9. The van der Waals surface area contributed by atoms with Crippen molar-refractivity contribution >= 4 is 33.3 Å². The summed E-state index contributed by atoms with van der Waals surface area (Å²) in [5.41, 5.74) is 1.27. The Balaban J connectivity index is 1.47. The summed E-state index contributed by atoms with van der Waals surface area (Å²) in [5, 5.41) is 0.553. The molecule has 0 bridgehead atoms. The number of sulfonamides is 1. The van der Waals surface area contributed by atoms with Crippen molar-refractivity contribution in [3.8, 4) is 0 Å². The molecule has 2 aromatic rings. The van der Waals surface area contributed by atoms with E-state index in [1.54, 1.807) is 41.3 Å². The number of carbonyl (C=O) groups is 2. The van der Waals surface area contributed by atoms with Crippen molar-refractivity contribution in [2.24, 2.45) is 0 Å². The Morgan fingerprint density at radius 3 is 2.10 bits per heavy atom. The Hall–Kier alpha value is -2.22. The average Bonchev–Trinajstić information content (AvgIpc) is 2.73. The smallest absolute Gasteiger partial charge is 0.223 e. The predicted octanol–water partition coefficient (Wildman–Crippen LogP) is 2.98. The molecule has 1 fully saturated rings. The summed E-state index contributed by atoms with van der Waals surface area (Å²) in [5.74, 6) is -0.288. The molecule has 1 aliphatic rings. The molecule has 1 amide bonds. The number of piperazine rings is 1. The summed E-state index contributed by atoms with van der Waals surface area (Å²) in [4.78, 5) is 26.2. The SMILES string of the molecule is O=C(CCC(=O)N1CCN(S(=O)(=O)Cc2ccccc2)CC1)c1ccc(Cl)cc1. The first-order chi connectivity index (χ1) is 13.8. The fourth-order valence-corrected chi connectivity index (χ4v) is 4.89. The number of halogens is 1. The van der Waals surface area contributed by atoms with Crippen LogP contribution in [-0.4, -0.2) is 55.5 Å². The summed E-state index contributed by atoms with van der Waals surface area (Å²) in [6, 6.07) is 15.6. The highest BCUT2D eigenvalue weighted by Gasteiger charge is 2.29. The normalized spacial score (nSPS) is 15.3. The van der Waals surface area contributed by atoms with Gasteiger partial charge in [0.2, 0.25) is 15.9 Å². The van der Waals surface area contributed by atoms with Crippen LogP contribution in [0.2, 0.25) is 5.02 Å². The molecule has 0 N–H and O–H groups in total. The Morgan fingerprint density at radius 1 is 0.862 bits per heavy atom. The van der Waals surface area contributed by atoms with Gasteiger partial charge in [0.1, 0.15) is 0 Å². The van der Waals surface area contributed by atoms with E-state index in [2.05, 4.69) is 0 Å². The maximum Gasteiger partial charge on any atom is 0.223 e. The van der Waals surface area contributed by atoms with E-state index in [9.17, 15) is 18.0 Å². The second-order valence-electron chi connectivity index (χ2n) is 6.95. The number of ketones is 1. The maximum absolute atomic E-state index is 12.6. The number of carbonyl (C=O) groups excluding carboxylic acids is 2. The first kappa shape index (κ1) is 21.5. The fraction of sp³-hybridized carbons (Fsp3) is 0.333. The first-order valence-electron chi connectivity index (χ1n) is 9.43. The lowest BCUT2D eigenvalue weighted by molar-refractivity contribution is -0.132. The van der Waals surface area contributed by atoms with Crippen LogP contribution < -0.4 is 0 Å². The molecular formula is C21H23ClN2O4S. The largest absolute Gasteiger partial charge is 0.340 e. The third-order valence-electron chi connectivity index (χ3n) is 4.91. The molecule has 0 aromatic heterocycles. The summed E-state index contributed by atoms with van der Waals surface area (Å²) in [6.45, 7) is 1.21. The van der Waals surface area contributed by atoms with Crippen molar-refractivity contribution in [2.45, 2.75) is 18.6 Å². The van der Waals surface area contributed by atoms with Crippen LogP contribution in [0.15, 0.2) is 54.6 Å². The van der Waals surface area contributed by atoms with Gasteiger partial charge in [0, 0.05) is 49.6 Å². The summed E-state index contributed by atoms with van der Waals surface area (Å²) >= 11 is 5.82. The molecule has 0 radical (unpaired) electrons. The van der Waals surface area contributed by atoms with Gasteiger partial charge in [-0.05, 0) is 29.8 Å². The van der Waals surface area contributed by atoms with Crippen LogP contribution in [-0.2, 0) is 20.6 Å². The van der Waals surface area contributed by atoms with Gasteiger partial charge >= 0.3 is 0 Å². The number of rotatable bonds is 7. The standard InChI is InChI=1S/C21H23ClN2O4S/c22-19-8-6-18(7-9-19)20(25)10-11-21(26)23-12-14-24(15-13-23)29(27,28)16-17-4-2-1-3-5-17/h1-9H,10-16H2. The first-order valence-corrected chi connectivity index (χ1v) is 11.4. The quantitative estimate of drug-likeness (QED) is 0.628. The topological polar surface area (TPSA) is 74.8 Å². The van der Waals surface area contributed by atoms with E-state index < -0.39 is 10.0 Å². The van der Waals surface area contributed by atoms with Crippen molar-refractivity contribution in [3.63, 3.8) is 0 Å². The Morgan fingerprint density at radius 2 is 1.48 bits per heavy atom. The molecule has 2 aromatic carbocycles. The molecule has 0 saturated carbocycles. The Bertz CT molecular complexity index is 954. The monoisotopic (exact) mass is 434 g/mol. The van der Waals surface area contributed by atoms with E-state index >= 15 is 0 Å². The summed E-state index contributed by atoms with van der Waals surface area (Å²) in [6.07, 6.45) is 0.227. The zero-order valence-corrected chi connectivity index (χ0v) is 17.5. The van der Waals surface area contributed by atoms with Crippen LogP contribution in [0.1, 0.15) is 28.8 Å².